The maximum atomic E-state index is 14.2. The maximum absolute atomic E-state index is 14.2. The first kappa shape index (κ1) is 19.1. The van der Waals surface area contributed by atoms with E-state index >= 15 is 0 Å². The minimum absolute atomic E-state index is 0.0446. The van der Waals surface area contributed by atoms with Crippen molar-refractivity contribution in [3.05, 3.63) is 65.1 Å². The van der Waals surface area contributed by atoms with Crippen LogP contribution in [0.1, 0.15) is 5.69 Å². The molecule has 140 valence electrons. The summed E-state index contributed by atoms with van der Waals surface area (Å²) in [6.45, 7) is 0.143. The van der Waals surface area contributed by atoms with Gasteiger partial charge in [-0.2, -0.15) is 5.10 Å². The van der Waals surface area contributed by atoms with Gasteiger partial charge in [-0.15, -0.1) is 0 Å². The van der Waals surface area contributed by atoms with E-state index in [1.54, 1.807) is 24.4 Å². The number of nitrogens with one attached hydrogen (secondary N) is 1. The number of carboxylic acid groups (broad SMARTS) is 1. The number of benzene rings is 1. The van der Waals surface area contributed by atoms with Gasteiger partial charge in [0, 0.05) is 30.1 Å². The lowest BCUT2D eigenvalue weighted by atomic mass is 10.3. The lowest BCUT2D eigenvalue weighted by Crippen LogP contribution is -2.23. The van der Waals surface area contributed by atoms with Crippen LogP contribution >= 0.6 is 23.4 Å². The Morgan fingerprint density at radius 3 is 2.78 bits per heavy atom. The molecule has 0 spiro atoms. The normalized spacial score (nSPS) is 10.8. The molecule has 0 radical (unpaired) electrons. The highest BCUT2D eigenvalue weighted by molar-refractivity contribution is 7.99. The summed E-state index contributed by atoms with van der Waals surface area (Å²) in [5.41, 5.74) is 0.480. The summed E-state index contributed by atoms with van der Waals surface area (Å²) in [6.07, 6.45) is 0.702. The van der Waals surface area contributed by atoms with Gasteiger partial charge in [0.05, 0.1) is 5.69 Å². The topological polar surface area (TPSA) is 80.0 Å². The Bertz CT molecular complexity index is 966. The highest BCUT2D eigenvalue weighted by Gasteiger charge is 2.15. The Labute approximate surface area is 162 Å². The van der Waals surface area contributed by atoms with Crippen LogP contribution in [0.25, 0.3) is 5.69 Å². The fraction of sp³-hybridized carbons (Fsp3) is 0.118. The third-order valence-corrected chi connectivity index (χ3v) is 4.64. The molecule has 2 aromatic heterocycles. The van der Waals surface area contributed by atoms with Gasteiger partial charge < -0.3 is 10.4 Å². The average molecular weight is 411 g/mol. The van der Waals surface area contributed by atoms with Crippen LogP contribution in [0.4, 0.5) is 13.6 Å². The molecule has 0 aliphatic rings. The zero-order chi connectivity index (χ0) is 19.4. The first-order valence-corrected chi connectivity index (χ1v) is 8.92. The predicted molar refractivity (Wildman–Crippen MR) is 96.6 cm³/mol. The number of nitrogens with zero attached hydrogens (tertiary/aromatic N) is 3. The van der Waals surface area contributed by atoms with E-state index in [1.165, 1.54) is 16.4 Å². The van der Waals surface area contributed by atoms with Crippen molar-refractivity contribution >= 4 is 29.5 Å². The van der Waals surface area contributed by atoms with Crippen molar-refractivity contribution in [2.24, 2.45) is 0 Å². The highest BCUT2D eigenvalue weighted by Crippen LogP contribution is 2.31. The van der Waals surface area contributed by atoms with Crippen molar-refractivity contribution in [1.82, 2.24) is 20.1 Å². The van der Waals surface area contributed by atoms with Gasteiger partial charge in [-0.3, -0.25) is 0 Å². The fourth-order valence-electron chi connectivity index (χ4n) is 2.27. The number of aromatic nitrogens is 3. The third kappa shape index (κ3) is 4.95. The lowest BCUT2D eigenvalue weighted by Gasteiger charge is -2.08. The molecule has 6 nitrogen and oxygen atoms in total. The summed E-state index contributed by atoms with van der Waals surface area (Å²) in [5.74, 6) is -1.23. The molecule has 0 aliphatic heterocycles. The summed E-state index contributed by atoms with van der Waals surface area (Å²) >= 11 is 7.03. The van der Waals surface area contributed by atoms with Crippen LogP contribution in [0.5, 0.6) is 0 Å². The number of amides is 1. The van der Waals surface area contributed by atoms with Crippen LogP contribution < -0.4 is 5.32 Å². The van der Waals surface area contributed by atoms with E-state index in [2.05, 4.69) is 15.4 Å². The van der Waals surface area contributed by atoms with Crippen molar-refractivity contribution in [2.45, 2.75) is 16.3 Å². The molecule has 2 heterocycles. The SMILES string of the molecule is O=C(O)NCCc1cc(Sc2ccc(Cl)nc2)n(-c2cc(F)ccc2F)n1. The van der Waals surface area contributed by atoms with Gasteiger partial charge in [-0.25, -0.2) is 23.2 Å². The summed E-state index contributed by atoms with van der Waals surface area (Å²) in [4.78, 5) is 15.3. The van der Waals surface area contributed by atoms with E-state index < -0.39 is 17.7 Å². The molecule has 10 heteroatoms. The van der Waals surface area contributed by atoms with Gasteiger partial charge in [0.1, 0.15) is 27.5 Å². The first-order valence-electron chi connectivity index (χ1n) is 7.73. The largest absolute Gasteiger partial charge is 0.465 e. The number of hydrogen-bond donors (Lipinski definition) is 2. The number of hydrogen-bond acceptors (Lipinski definition) is 4. The summed E-state index contributed by atoms with van der Waals surface area (Å²) in [5, 5.41) is 16.1. The second-order valence-electron chi connectivity index (χ2n) is 5.38. The van der Waals surface area contributed by atoms with Gasteiger partial charge in [0.2, 0.25) is 0 Å². The Balaban J connectivity index is 1.95. The molecule has 3 rings (SSSR count). The summed E-state index contributed by atoms with van der Waals surface area (Å²) < 4.78 is 29.1. The zero-order valence-corrected chi connectivity index (χ0v) is 15.3. The first-order chi connectivity index (χ1) is 12.9. The number of carbonyl (C=O) groups is 1. The standard InChI is InChI=1S/C17H13ClF2N4O2S/c18-15-4-2-12(9-22-15)27-16-8-11(5-6-21-17(25)26)23-24(16)14-7-10(19)1-3-13(14)20/h1-4,7-9,21H,5-6H2,(H,25,26). The molecule has 0 saturated carbocycles. The van der Waals surface area contributed by atoms with Crippen molar-refractivity contribution in [3.63, 3.8) is 0 Å². The highest BCUT2D eigenvalue weighted by atomic mass is 35.5. The van der Waals surface area contributed by atoms with Crippen molar-refractivity contribution < 1.29 is 18.7 Å². The molecule has 0 bridgehead atoms. The molecular formula is C17H13ClF2N4O2S. The summed E-state index contributed by atoms with van der Waals surface area (Å²) in [7, 11) is 0. The van der Waals surface area contributed by atoms with Crippen LogP contribution in [0.2, 0.25) is 5.15 Å². The molecule has 27 heavy (non-hydrogen) atoms. The van der Waals surface area contributed by atoms with E-state index in [-0.39, 0.29) is 12.2 Å². The molecule has 1 amide bonds. The molecular weight excluding hydrogens is 398 g/mol. The number of rotatable bonds is 6. The van der Waals surface area contributed by atoms with Crippen LogP contribution in [-0.2, 0) is 6.42 Å². The van der Waals surface area contributed by atoms with E-state index in [0.717, 1.165) is 23.1 Å². The average Bonchev–Trinajstić information content (AvgIpc) is 3.01. The fourth-order valence-corrected chi connectivity index (χ4v) is 3.28. The van der Waals surface area contributed by atoms with Gasteiger partial charge >= 0.3 is 6.09 Å². The molecule has 0 aliphatic carbocycles. The van der Waals surface area contributed by atoms with Gasteiger partial charge in [-0.05, 0) is 30.3 Å². The predicted octanol–water partition coefficient (Wildman–Crippen LogP) is 4.16. The van der Waals surface area contributed by atoms with Crippen molar-refractivity contribution in [1.29, 1.82) is 0 Å². The van der Waals surface area contributed by atoms with E-state index in [0.29, 0.717) is 22.3 Å². The Hall–Kier alpha value is -2.65. The molecule has 0 unspecified atom stereocenters. The Morgan fingerprint density at radius 1 is 1.26 bits per heavy atom. The second kappa shape index (κ2) is 8.36. The number of halogens is 3. The van der Waals surface area contributed by atoms with Gasteiger partial charge in [0.25, 0.3) is 0 Å². The zero-order valence-electron chi connectivity index (χ0n) is 13.7. The van der Waals surface area contributed by atoms with E-state index in [1.807, 2.05) is 0 Å². The monoisotopic (exact) mass is 410 g/mol. The lowest BCUT2D eigenvalue weighted by molar-refractivity contribution is 0.194. The van der Waals surface area contributed by atoms with Crippen molar-refractivity contribution in [3.8, 4) is 5.69 Å². The van der Waals surface area contributed by atoms with Gasteiger partial charge in [0.15, 0.2) is 0 Å². The Morgan fingerprint density at radius 2 is 2.07 bits per heavy atom. The third-order valence-electron chi connectivity index (χ3n) is 3.44. The van der Waals surface area contributed by atoms with Crippen LogP contribution in [0, 0.1) is 11.6 Å². The molecule has 3 aromatic rings. The molecule has 0 saturated heterocycles. The van der Waals surface area contributed by atoms with E-state index in [4.69, 9.17) is 16.7 Å². The van der Waals surface area contributed by atoms with Crippen LogP contribution in [-0.4, -0.2) is 32.5 Å². The van der Waals surface area contributed by atoms with Crippen LogP contribution in [0.3, 0.4) is 0 Å². The summed E-state index contributed by atoms with van der Waals surface area (Å²) in [6, 6.07) is 8.14. The van der Waals surface area contributed by atoms with Crippen molar-refractivity contribution in [2.75, 3.05) is 6.54 Å². The second-order valence-corrected chi connectivity index (χ2v) is 6.86. The van der Waals surface area contributed by atoms with Gasteiger partial charge in [-0.1, -0.05) is 23.4 Å². The maximum Gasteiger partial charge on any atom is 0.404 e. The number of pyridine rings is 1. The van der Waals surface area contributed by atoms with Crippen LogP contribution in [0.15, 0.2) is 52.5 Å². The molecule has 2 N–H and O–H groups in total. The molecule has 0 fully saturated rings. The Kier molecular flexibility index (Phi) is 5.92. The van der Waals surface area contributed by atoms with E-state index in [9.17, 15) is 13.6 Å². The molecule has 1 aromatic carbocycles. The molecule has 0 atom stereocenters. The minimum Gasteiger partial charge on any atom is -0.465 e. The minimum atomic E-state index is -1.15. The quantitative estimate of drug-likeness (QED) is 0.596. The smallest absolute Gasteiger partial charge is 0.404 e.